The van der Waals surface area contributed by atoms with E-state index in [0.29, 0.717) is 27.8 Å². The van der Waals surface area contributed by atoms with Crippen LogP contribution >= 0.6 is 23.2 Å². The number of rotatable bonds is 17. The Balaban J connectivity index is 1.29. The van der Waals surface area contributed by atoms with Crippen LogP contribution in [0.2, 0.25) is 10.0 Å². The molecule has 3 aromatic carbocycles. The molecule has 1 aliphatic rings. The highest BCUT2D eigenvalue weighted by Crippen LogP contribution is 2.35. The molecule has 18 nitrogen and oxygen atoms in total. The van der Waals surface area contributed by atoms with Crippen molar-refractivity contribution in [3.05, 3.63) is 98.7 Å². The van der Waals surface area contributed by atoms with Crippen molar-refractivity contribution in [1.82, 2.24) is 10.2 Å². The molecule has 3 unspecified atom stereocenters. The number of nitrogens with zero attached hydrogens (tertiary/aromatic N) is 1. The minimum absolute atomic E-state index is 0.00989. The van der Waals surface area contributed by atoms with E-state index >= 15 is 0 Å². The van der Waals surface area contributed by atoms with Crippen LogP contribution in [0, 0.1) is 5.92 Å². The van der Waals surface area contributed by atoms with Gasteiger partial charge in [0, 0.05) is 43.6 Å². The Morgan fingerprint density at radius 3 is 2.17 bits per heavy atom. The average molecular weight is 936 g/mol. The number of amides is 2. The van der Waals surface area contributed by atoms with Crippen molar-refractivity contribution in [2.24, 2.45) is 5.92 Å². The summed E-state index contributed by atoms with van der Waals surface area (Å²) in [5.41, 5.74) is 2.25. The van der Waals surface area contributed by atoms with Crippen molar-refractivity contribution in [2.45, 2.75) is 69.6 Å². The van der Waals surface area contributed by atoms with Crippen molar-refractivity contribution >= 4 is 79.9 Å². The lowest BCUT2D eigenvalue weighted by molar-refractivity contribution is -0.170. The molecule has 4 aromatic rings. The van der Waals surface area contributed by atoms with Gasteiger partial charge in [-0.25, -0.2) is 27.6 Å². The monoisotopic (exact) mass is 934 g/mol. The number of esters is 3. The minimum Gasteiger partial charge on any atom is -0.464 e. The molecule has 1 aromatic heterocycles. The summed E-state index contributed by atoms with van der Waals surface area (Å²) in [5.74, 6) is -5.27. The summed E-state index contributed by atoms with van der Waals surface area (Å²) in [6.45, 7) is 2.35. The second kappa shape index (κ2) is 21.1. The highest BCUT2D eigenvalue weighted by molar-refractivity contribution is 7.90. The predicted molar refractivity (Wildman–Crippen MR) is 222 cm³/mol. The third kappa shape index (κ3) is 12.9. The van der Waals surface area contributed by atoms with Crippen molar-refractivity contribution < 1.29 is 75.5 Å². The van der Waals surface area contributed by atoms with E-state index < -0.39 is 90.1 Å². The SMILES string of the molecule is CC(OC(=O)OCC(COC(=O)C(C)O)COC(=O)[C@@H](C)O)OC(=O)[C@H](Cc1cccc(S(C)(=O)=O)c1)NC(=O)c1c(Cl)cc2c(c1Cl)CCN(C(=O)c1ccc3ccoc3c1)C2. The third-order valence-corrected chi connectivity index (χ3v) is 11.4. The molecule has 0 bridgehead atoms. The number of furan rings is 1. The highest BCUT2D eigenvalue weighted by Gasteiger charge is 2.32. The fourth-order valence-electron chi connectivity index (χ4n) is 6.28. The van der Waals surface area contributed by atoms with Crippen molar-refractivity contribution in [3.63, 3.8) is 0 Å². The molecular weight excluding hydrogens is 891 g/mol. The normalized spacial score (nSPS) is 14.9. The summed E-state index contributed by atoms with van der Waals surface area (Å²) >= 11 is 13.5. The number of fused-ring (bicyclic) bond motifs is 2. The number of aliphatic hydroxyl groups excluding tert-OH is 2. The molecule has 2 heterocycles. The van der Waals surface area contributed by atoms with Crippen LogP contribution in [0.1, 0.15) is 58.2 Å². The standard InChI is InChI=1S/C42H44Cl2N2O16S/c1-22(47)39(51)58-19-26(20-59-40(52)23(2)48)21-60-42(54)62-24(3)61-41(53)33(15-25-6-5-7-30(14-25)63(4,55)56)45-37(49)35-32(43)16-29-18-46(12-10-31(29)36(35)44)38(50)28-9-8-27-11-13-57-34(27)17-28/h5-9,11,13-14,16-17,22-24,26,33,47-48H,10,12,15,18-21H2,1-4H3,(H,45,49)/t22-,23?,24?,26?,33+/m1/s1. The smallest absolute Gasteiger partial charge is 0.464 e. The minimum atomic E-state index is -3.68. The van der Waals surface area contributed by atoms with Gasteiger partial charge in [-0.05, 0) is 73.4 Å². The van der Waals surface area contributed by atoms with Gasteiger partial charge in [-0.3, -0.25) is 9.59 Å². The van der Waals surface area contributed by atoms with Gasteiger partial charge in [0.15, 0.2) is 9.84 Å². The Morgan fingerprint density at radius 1 is 0.857 bits per heavy atom. The number of halogens is 2. The average Bonchev–Trinajstić information content (AvgIpc) is 3.70. The van der Waals surface area contributed by atoms with Gasteiger partial charge in [-0.15, -0.1) is 0 Å². The summed E-state index contributed by atoms with van der Waals surface area (Å²) in [7, 11) is -3.68. The Morgan fingerprint density at radius 2 is 1.52 bits per heavy atom. The van der Waals surface area contributed by atoms with E-state index in [2.05, 4.69) is 5.32 Å². The molecule has 0 fully saturated rings. The lowest BCUT2D eigenvalue weighted by Gasteiger charge is -2.30. The number of carbonyl (C=O) groups is 6. The molecule has 0 aliphatic carbocycles. The predicted octanol–water partition coefficient (Wildman–Crippen LogP) is 4.19. The van der Waals surface area contributed by atoms with Crippen molar-refractivity contribution in [2.75, 3.05) is 32.6 Å². The van der Waals surface area contributed by atoms with Gasteiger partial charge in [-0.2, -0.15) is 0 Å². The van der Waals surface area contributed by atoms with Crippen LogP contribution in [0.3, 0.4) is 0 Å². The number of ether oxygens (including phenoxy) is 5. The van der Waals surface area contributed by atoms with E-state index in [9.17, 15) is 47.4 Å². The number of aliphatic hydroxyl groups is 2. The molecule has 0 radical (unpaired) electrons. The number of nitrogens with one attached hydrogen (secondary N) is 1. The lowest BCUT2D eigenvalue weighted by atomic mass is 9.95. The molecule has 0 spiro atoms. The van der Waals surface area contributed by atoms with Crippen LogP contribution in [-0.2, 0) is 67.3 Å². The highest BCUT2D eigenvalue weighted by atomic mass is 35.5. The Hall–Kier alpha value is -5.73. The molecule has 5 rings (SSSR count). The zero-order valence-corrected chi connectivity index (χ0v) is 36.7. The van der Waals surface area contributed by atoms with E-state index in [1.165, 1.54) is 36.6 Å². The Labute approximate surface area is 371 Å². The summed E-state index contributed by atoms with van der Waals surface area (Å²) in [5, 5.41) is 22.1. The molecule has 3 N–H and O–H groups in total. The van der Waals surface area contributed by atoms with Crippen LogP contribution in [-0.4, -0.2) is 117 Å². The largest absolute Gasteiger partial charge is 0.511 e. The maximum absolute atomic E-state index is 14.0. The maximum Gasteiger partial charge on any atom is 0.511 e. The first-order valence-corrected chi connectivity index (χ1v) is 22.0. The number of hydrogen-bond donors (Lipinski definition) is 3. The number of sulfone groups is 1. The van der Waals surface area contributed by atoms with Crippen LogP contribution in [0.25, 0.3) is 11.0 Å². The second-order valence-corrected chi connectivity index (χ2v) is 17.4. The quantitative estimate of drug-likeness (QED) is 0.0763. The zero-order chi connectivity index (χ0) is 46.2. The summed E-state index contributed by atoms with van der Waals surface area (Å²) in [6, 6.07) is 12.5. The first kappa shape index (κ1) is 48.3. The van der Waals surface area contributed by atoms with Crippen LogP contribution in [0.4, 0.5) is 4.79 Å². The molecule has 0 saturated heterocycles. The lowest BCUT2D eigenvalue weighted by Crippen LogP contribution is -2.45. The van der Waals surface area contributed by atoms with E-state index in [1.54, 1.807) is 29.2 Å². The van der Waals surface area contributed by atoms with Crippen LogP contribution in [0.15, 0.2) is 70.2 Å². The number of hydrogen-bond acceptors (Lipinski definition) is 16. The van der Waals surface area contributed by atoms with E-state index in [-0.39, 0.29) is 52.3 Å². The van der Waals surface area contributed by atoms with Crippen LogP contribution < -0.4 is 5.32 Å². The van der Waals surface area contributed by atoms with Gasteiger partial charge in [-0.1, -0.05) is 41.4 Å². The Kier molecular flexibility index (Phi) is 16.2. The first-order chi connectivity index (χ1) is 29.7. The van der Waals surface area contributed by atoms with E-state index in [4.69, 9.17) is 51.3 Å². The van der Waals surface area contributed by atoms with Gasteiger partial charge >= 0.3 is 24.1 Å². The second-order valence-electron chi connectivity index (χ2n) is 14.6. The number of carbonyl (C=O) groups excluding carboxylic acids is 6. The summed E-state index contributed by atoms with van der Waals surface area (Å²) < 4.78 is 55.4. The number of benzene rings is 3. The molecule has 1 aliphatic heterocycles. The van der Waals surface area contributed by atoms with Crippen molar-refractivity contribution in [1.29, 1.82) is 0 Å². The maximum atomic E-state index is 14.0. The molecule has 21 heteroatoms. The van der Waals surface area contributed by atoms with Gasteiger partial charge in [0.25, 0.3) is 11.8 Å². The summed E-state index contributed by atoms with van der Waals surface area (Å²) in [4.78, 5) is 78.8. The Bertz CT molecular complexity index is 2460. The third-order valence-electron chi connectivity index (χ3n) is 9.56. The summed E-state index contributed by atoms with van der Waals surface area (Å²) in [6.07, 6.45) is -3.50. The molecule has 63 heavy (non-hydrogen) atoms. The molecule has 0 saturated carbocycles. The fourth-order valence-corrected chi connectivity index (χ4v) is 7.73. The molecule has 5 atom stereocenters. The molecule has 338 valence electrons. The molecule has 2 amide bonds. The van der Waals surface area contributed by atoms with Crippen molar-refractivity contribution in [3.8, 4) is 0 Å². The van der Waals surface area contributed by atoms with E-state index in [0.717, 1.165) is 32.4 Å². The topological polar surface area (TPSA) is 252 Å². The van der Waals surface area contributed by atoms with Gasteiger partial charge < -0.3 is 48.5 Å². The van der Waals surface area contributed by atoms with E-state index in [1.807, 2.05) is 0 Å². The fraction of sp³-hybridized carbons (Fsp3) is 0.381. The van der Waals surface area contributed by atoms with Gasteiger partial charge in [0.2, 0.25) is 6.29 Å². The van der Waals surface area contributed by atoms with Gasteiger partial charge in [0.1, 0.15) is 43.7 Å². The molecular formula is C42H44Cl2N2O16S. The zero-order valence-electron chi connectivity index (χ0n) is 34.3. The first-order valence-electron chi connectivity index (χ1n) is 19.3. The van der Waals surface area contributed by atoms with Gasteiger partial charge in [0.05, 0.1) is 32.7 Å². The van der Waals surface area contributed by atoms with Crippen LogP contribution in [0.5, 0.6) is 0 Å².